The highest BCUT2D eigenvalue weighted by Gasteiger charge is 2.26. The van der Waals surface area contributed by atoms with Crippen LogP contribution in [0.3, 0.4) is 0 Å². The first-order valence-corrected chi connectivity index (χ1v) is 8.20. The SMILES string of the molecule is CC(NS(=O)(=O)c1cccc2ccccc12)C(C)(C)C. The number of hydrogen-bond acceptors (Lipinski definition) is 2. The highest BCUT2D eigenvalue weighted by Crippen LogP contribution is 2.25. The van der Waals surface area contributed by atoms with Crippen LogP contribution in [0.1, 0.15) is 27.7 Å². The van der Waals surface area contributed by atoms with Gasteiger partial charge in [0.05, 0.1) is 4.90 Å². The summed E-state index contributed by atoms with van der Waals surface area (Å²) >= 11 is 0. The minimum atomic E-state index is -3.52. The molecule has 0 heterocycles. The van der Waals surface area contributed by atoms with Gasteiger partial charge in [-0.3, -0.25) is 0 Å². The Morgan fingerprint density at radius 2 is 1.60 bits per heavy atom. The predicted octanol–water partition coefficient (Wildman–Crippen LogP) is 3.55. The number of rotatable bonds is 3. The topological polar surface area (TPSA) is 46.2 Å². The van der Waals surface area contributed by atoms with Crippen molar-refractivity contribution < 1.29 is 8.42 Å². The average molecular weight is 291 g/mol. The first-order chi connectivity index (χ1) is 9.22. The van der Waals surface area contributed by atoms with Crippen LogP contribution in [0, 0.1) is 5.41 Å². The van der Waals surface area contributed by atoms with Gasteiger partial charge in [0.25, 0.3) is 0 Å². The molecule has 2 rings (SSSR count). The van der Waals surface area contributed by atoms with Crippen LogP contribution >= 0.6 is 0 Å². The van der Waals surface area contributed by atoms with Gasteiger partial charge in [-0.05, 0) is 23.8 Å². The summed E-state index contributed by atoms with van der Waals surface area (Å²) in [5.41, 5.74) is -0.127. The first kappa shape index (κ1) is 15.0. The molecular weight excluding hydrogens is 270 g/mol. The largest absolute Gasteiger partial charge is 0.241 e. The molecule has 1 atom stereocenters. The molecule has 108 valence electrons. The van der Waals surface area contributed by atoms with Gasteiger partial charge in [-0.25, -0.2) is 13.1 Å². The van der Waals surface area contributed by atoms with Gasteiger partial charge in [-0.15, -0.1) is 0 Å². The quantitative estimate of drug-likeness (QED) is 0.940. The fourth-order valence-corrected chi connectivity index (χ4v) is 3.58. The predicted molar refractivity (Wildman–Crippen MR) is 83.2 cm³/mol. The fraction of sp³-hybridized carbons (Fsp3) is 0.375. The van der Waals surface area contributed by atoms with Crippen LogP contribution in [0.25, 0.3) is 10.8 Å². The van der Waals surface area contributed by atoms with Gasteiger partial charge in [0.1, 0.15) is 0 Å². The Labute approximate surface area is 121 Å². The highest BCUT2D eigenvalue weighted by molar-refractivity contribution is 7.89. The number of fused-ring (bicyclic) bond motifs is 1. The molecule has 0 aliphatic rings. The van der Waals surface area contributed by atoms with Crippen molar-refractivity contribution in [2.24, 2.45) is 5.41 Å². The van der Waals surface area contributed by atoms with Crippen LogP contribution in [0.4, 0.5) is 0 Å². The third-order valence-corrected chi connectivity index (χ3v) is 5.27. The summed E-state index contributed by atoms with van der Waals surface area (Å²) in [5, 5.41) is 1.68. The molecule has 0 aliphatic heterocycles. The molecule has 0 aromatic heterocycles. The lowest BCUT2D eigenvalue weighted by Gasteiger charge is -2.28. The van der Waals surface area contributed by atoms with E-state index in [-0.39, 0.29) is 11.5 Å². The molecule has 0 aliphatic carbocycles. The summed E-state index contributed by atoms with van der Waals surface area (Å²) in [5.74, 6) is 0. The van der Waals surface area contributed by atoms with Crippen LogP contribution in [0.5, 0.6) is 0 Å². The van der Waals surface area contributed by atoms with Crippen LogP contribution in [0.15, 0.2) is 47.4 Å². The van der Waals surface area contributed by atoms with E-state index in [4.69, 9.17) is 0 Å². The fourth-order valence-electron chi connectivity index (χ4n) is 1.90. The van der Waals surface area contributed by atoms with Gasteiger partial charge >= 0.3 is 0 Å². The van der Waals surface area contributed by atoms with Crippen LogP contribution in [0.2, 0.25) is 0 Å². The van der Waals surface area contributed by atoms with E-state index in [1.165, 1.54) is 0 Å². The Morgan fingerprint density at radius 1 is 1.00 bits per heavy atom. The monoisotopic (exact) mass is 291 g/mol. The maximum atomic E-state index is 12.6. The third-order valence-electron chi connectivity index (χ3n) is 3.67. The van der Waals surface area contributed by atoms with Crippen molar-refractivity contribution in [3.63, 3.8) is 0 Å². The molecule has 0 bridgehead atoms. The molecule has 2 aromatic carbocycles. The second kappa shape index (κ2) is 5.19. The van der Waals surface area contributed by atoms with E-state index in [1.807, 2.05) is 58.0 Å². The summed E-state index contributed by atoms with van der Waals surface area (Å²) in [7, 11) is -3.52. The molecule has 1 N–H and O–H groups in total. The average Bonchev–Trinajstić information content (AvgIpc) is 2.36. The Bertz CT molecular complexity index is 709. The van der Waals surface area contributed by atoms with Crippen molar-refractivity contribution in [3.8, 4) is 0 Å². The second-order valence-corrected chi connectivity index (χ2v) is 7.87. The van der Waals surface area contributed by atoms with Crippen molar-refractivity contribution in [3.05, 3.63) is 42.5 Å². The lowest BCUT2D eigenvalue weighted by Crippen LogP contribution is -2.41. The number of benzene rings is 2. The lowest BCUT2D eigenvalue weighted by molar-refractivity contribution is 0.318. The molecule has 2 aromatic rings. The Kier molecular flexibility index (Phi) is 3.89. The molecule has 0 amide bonds. The molecule has 0 saturated heterocycles. The molecule has 0 fully saturated rings. The van der Waals surface area contributed by atoms with E-state index >= 15 is 0 Å². The molecule has 0 radical (unpaired) electrons. The molecule has 1 unspecified atom stereocenters. The van der Waals surface area contributed by atoms with E-state index in [0.29, 0.717) is 4.90 Å². The third kappa shape index (κ3) is 3.02. The molecule has 3 nitrogen and oxygen atoms in total. The lowest BCUT2D eigenvalue weighted by atomic mass is 9.89. The summed E-state index contributed by atoms with van der Waals surface area (Å²) < 4.78 is 28.0. The standard InChI is InChI=1S/C16H21NO2S/c1-12(16(2,3)4)17-20(18,19)15-11-7-9-13-8-5-6-10-14(13)15/h5-12,17H,1-4H3. The number of sulfonamides is 1. The maximum Gasteiger partial charge on any atom is 0.241 e. The minimum absolute atomic E-state index is 0.127. The highest BCUT2D eigenvalue weighted by atomic mass is 32.2. The minimum Gasteiger partial charge on any atom is -0.208 e. The maximum absolute atomic E-state index is 12.6. The van der Waals surface area contributed by atoms with E-state index in [9.17, 15) is 8.42 Å². The van der Waals surface area contributed by atoms with Gasteiger partial charge < -0.3 is 0 Å². The van der Waals surface area contributed by atoms with Crippen molar-refractivity contribution in [1.29, 1.82) is 0 Å². The summed E-state index contributed by atoms with van der Waals surface area (Å²) in [6.45, 7) is 7.94. The number of nitrogens with one attached hydrogen (secondary N) is 1. The van der Waals surface area contributed by atoms with Gasteiger partial charge in [0.15, 0.2) is 0 Å². The van der Waals surface area contributed by atoms with Gasteiger partial charge in [-0.1, -0.05) is 57.2 Å². The smallest absolute Gasteiger partial charge is 0.208 e. The zero-order chi connectivity index (χ0) is 15.0. The van der Waals surface area contributed by atoms with Crippen LogP contribution in [-0.2, 0) is 10.0 Å². The van der Waals surface area contributed by atoms with Crippen molar-refractivity contribution in [1.82, 2.24) is 4.72 Å². The van der Waals surface area contributed by atoms with Crippen LogP contribution in [-0.4, -0.2) is 14.5 Å². The zero-order valence-electron chi connectivity index (χ0n) is 12.3. The van der Waals surface area contributed by atoms with E-state index in [2.05, 4.69) is 4.72 Å². The van der Waals surface area contributed by atoms with E-state index in [0.717, 1.165) is 10.8 Å². The summed E-state index contributed by atoms with van der Waals surface area (Å²) in [4.78, 5) is 0.340. The second-order valence-electron chi connectivity index (χ2n) is 6.19. The Hall–Kier alpha value is -1.39. The normalized spacial score (nSPS) is 14.4. The zero-order valence-corrected chi connectivity index (χ0v) is 13.2. The van der Waals surface area contributed by atoms with Crippen LogP contribution < -0.4 is 4.72 Å². The summed E-state index contributed by atoms with van der Waals surface area (Å²) in [6.07, 6.45) is 0. The van der Waals surface area contributed by atoms with Crippen molar-refractivity contribution in [2.45, 2.75) is 38.6 Å². The van der Waals surface area contributed by atoms with E-state index in [1.54, 1.807) is 12.1 Å². The van der Waals surface area contributed by atoms with Gasteiger partial charge in [0.2, 0.25) is 10.0 Å². The van der Waals surface area contributed by atoms with E-state index < -0.39 is 10.0 Å². The molecule has 0 saturated carbocycles. The Morgan fingerprint density at radius 3 is 2.25 bits per heavy atom. The Balaban J connectivity index is 2.48. The van der Waals surface area contributed by atoms with Gasteiger partial charge in [0, 0.05) is 11.4 Å². The first-order valence-electron chi connectivity index (χ1n) is 6.72. The molecule has 4 heteroatoms. The van der Waals surface area contributed by atoms with Crippen molar-refractivity contribution >= 4 is 20.8 Å². The molecular formula is C16H21NO2S. The van der Waals surface area contributed by atoms with Gasteiger partial charge in [-0.2, -0.15) is 0 Å². The van der Waals surface area contributed by atoms with Crippen molar-refractivity contribution in [2.75, 3.05) is 0 Å². The summed E-state index contributed by atoms with van der Waals surface area (Å²) in [6, 6.07) is 12.7. The molecule has 0 spiro atoms. The number of hydrogen-bond donors (Lipinski definition) is 1. The molecule has 20 heavy (non-hydrogen) atoms.